The average Bonchev–Trinajstić information content (AvgIpc) is 2.69. The monoisotopic (exact) mass is 255 g/mol. The van der Waals surface area contributed by atoms with Crippen LogP contribution in [0, 0.1) is 5.82 Å². The average molecular weight is 255 g/mol. The van der Waals surface area contributed by atoms with E-state index < -0.39 is 0 Å². The fraction of sp³-hybridized carbons (Fsp3) is 0.538. The molecule has 0 saturated carbocycles. The molecule has 2 nitrogen and oxygen atoms in total. The maximum absolute atomic E-state index is 13.2. The van der Waals surface area contributed by atoms with Gasteiger partial charge in [-0.05, 0) is 50.1 Å². The van der Waals surface area contributed by atoms with Crippen molar-refractivity contribution in [2.75, 3.05) is 13.2 Å². The molecule has 1 aliphatic rings. The number of hydrogen-bond acceptors (Lipinski definition) is 3. The maximum atomic E-state index is 13.2. The van der Waals surface area contributed by atoms with Crippen LogP contribution in [0.2, 0.25) is 0 Å². The van der Waals surface area contributed by atoms with Crippen molar-refractivity contribution < 1.29 is 9.13 Å². The zero-order valence-electron chi connectivity index (χ0n) is 9.99. The first-order chi connectivity index (χ1) is 8.20. The smallest absolute Gasteiger partial charge is 0.123 e. The first-order valence-corrected chi connectivity index (χ1v) is 6.85. The summed E-state index contributed by atoms with van der Waals surface area (Å²) >= 11 is 1.79. The molecule has 4 heteroatoms. The molecular weight excluding hydrogens is 237 g/mol. The van der Waals surface area contributed by atoms with Gasteiger partial charge in [0.2, 0.25) is 0 Å². The third kappa shape index (κ3) is 3.21. The number of rotatable bonds is 4. The topological polar surface area (TPSA) is 35.2 Å². The highest BCUT2D eigenvalue weighted by atomic mass is 32.2. The van der Waals surface area contributed by atoms with E-state index in [-0.39, 0.29) is 11.9 Å². The molecule has 1 aliphatic heterocycles. The lowest BCUT2D eigenvalue weighted by atomic mass is 10.1. The van der Waals surface area contributed by atoms with Gasteiger partial charge < -0.3 is 10.5 Å². The SMILES string of the molecule is CC1OCCC1Sc1ccc(F)cc1CCN. The minimum Gasteiger partial charge on any atom is -0.377 e. The van der Waals surface area contributed by atoms with E-state index in [2.05, 4.69) is 6.92 Å². The van der Waals surface area contributed by atoms with Crippen LogP contribution in [-0.2, 0) is 11.2 Å². The predicted octanol–water partition coefficient (Wildman–Crippen LogP) is 2.60. The summed E-state index contributed by atoms with van der Waals surface area (Å²) in [6, 6.07) is 4.97. The Morgan fingerprint density at radius 2 is 2.35 bits per heavy atom. The summed E-state index contributed by atoms with van der Waals surface area (Å²) in [5.41, 5.74) is 6.57. The van der Waals surface area contributed by atoms with Gasteiger partial charge in [-0.1, -0.05) is 0 Å². The van der Waals surface area contributed by atoms with Gasteiger partial charge in [0.15, 0.2) is 0 Å². The molecule has 0 amide bonds. The van der Waals surface area contributed by atoms with Crippen LogP contribution in [-0.4, -0.2) is 24.5 Å². The number of ether oxygens (including phenoxy) is 1. The third-order valence-electron chi connectivity index (χ3n) is 3.02. The quantitative estimate of drug-likeness (QED) is 0.898. The van der Waals surface area contributed by atoms with E-state index in [9.17, 15) is 4.39 Å². The van der Waals surface area contributed by atoms with Crippen molar-refractivity contribution in [3.05, 3.63) is 29.6 Å². The fourth-order valence-electron chi connectivity index (χ4n) is 2.04. The molecule has 0 aliphatic carbocycles. The van der Waals surface area contributed by atoms with Crippen molar-refractivity contribution in [3.8, 4) is 0 Å². The molecule has 2 atom stereocenters. The van der Waals surface area contributed by atoms with E-state index in [4.69, 9.17) is 10.5 Å². The van der Waals surface area contributed by atoms with E-state index >= 15 is 0 Å². The highest BCUT2D eigenvalue weighted by molar-refractivity contribution is 8.00. The van der Waals surface area contributed by atoms with Crippen molar-refractivity contribution in [1.29, 1.82) is 0 Å². The molecule has 1 fully saturated rings. The second-order valence-corrected chi connectivity index (χ2v) is 5.59. The van der Waals surface area contributed by atoms with E-state index in [0.717, 1.165) is 29.9 Å². The van der Waals surface area contributed by atoms with E-state index in [0.29, 0.717) is 11.8 Å². The van der Waals surface area contributed by atoms with Gasteiger partial charge in [-0.2, -0.15) is 0 Å². The zero-order valence-corrected chi connectivity index (χ0v) is 10.8. The summed E-state index contributed by atoms with van der Waals surface area (Å²) in [7, 11) is 0. The van der Waals surface area contributed by atoms with Gasteiger partial charge in [-0.3, -0.25) is 0 Å². The van der Waals surface area contributed by atoms with Crippen LogP contribution in [0.15, 0.2) is 23.1 Å². The molecule has 2 N–H and O–H groups in total. The summed E-state index contributed by atoms with van der Waals surface area (Å²) in [6.45, 7) is 3.47. The molecule has 2 rings (SSSR count). The number of benzene rings is 1. The standard InChI is InChI=1S/C13H18FNOS/c1-9-12(5-7-16-9)17-13-3-2-11(14)8-10(13)4-6-15/h2-3,8-9,12H,4-7,15H2,1H3. The van der Waals surface area contributed by atoms with Gasteiger partial charge in [-0.25, -0.2) is 4.39 Å². The molecule has 0 radical (unpaired) electrons. The minimum atomic E-state index is -0.187. The molecule has 0 spiro atoms. The van der Waals surface area contributed by atoms with Crippen LogP contribution in [0.3, 0.4) is 0 Å². The van der Waals surface area contributed by atoms with E-state index in [1.807, 2.05) is 6.07 Å². The van der Waals surface area contributed by atoms with Crippen molar-refractivity contribution in [2.45, 2.75) is 36.0 Å². The van der Waals surface area contributed by atoms with Crippen molar-refractivity contribution in [1.82, 2.24) is 0 Å². The Kier molecular flexibility index (Phi) is 4.42. The molecular formula is C13H18FNOS. The van der Waals surface area contributed by atoms with Crippen LogP contribution < -0.4 is 5.73 Å². The highest BCUT2D eigenvalue weighted by Gasteiger charge is 2.25. The van der Waals surface area contributed by atoms with Crippen molar-refractivity contribution >= 4 is 11.8 Å². The van der Waals surface area contributed by atoms with Gasteiger partial charge in [0, 0.05) is 16.8 Å². The molecule has 2 unspecified atom stereocenters. The van der Waals surface area contributed by atoms with Crippen molar-refractivity contribution in [3.63, 3.8) is 0 Å². The summed E-state index contributed by atoms with van der Waals surface area (Å²) in [4.78, 5) is 1.14. The van der Waals surface area contributed by atoms with Gasteiger partial charge in [0.1, 0.15) is 5.82 Å². The summed E-state index contributed by atoms with van der Waals surface area (Å²) in [6.07, 6.45) is 2.06. The van der Waals surface area contributed by atoms with Gasteiger partial charge in [-0.15, -0.1) is 11.8 Å². The molecule has 94 valence electrons. The normalized spacial score (nSPS) is 24.2. The Bertz CT molecular complexity index is 386. The Morgan fingerprint density at radius 3 is 3.00 bits per heavy atom. The number of halogens is 1. The Hall–Kier alpha value is -0.580. The van der Waals surface area contributed by atoms with Crippen LogP contribution in [0.25, 0.3) is 0 Å². The molecule has 0 aromatic heterocycles. The summed E-state index contributed by atoms with van der Waals surface area (Å²) in [5, 5.41) is 0.469. The third-order valence-corrected chi connectivity index (χ3v) is 4.60. The first kappa shape index (κ1) is 12.9. The molecule has 1 aromatic carbocycles. The predicted molar refractivity (Wildman–Crippen MR) is 68.8 cm³/mol. The van der Waals surface area contributed by atoms with Gasteiger partial charge >= 0.3 is 0 Å². The Labute approximate surface area is 106 Å². The lowest BCUT2D eigenvalue weighted by Gasteiger charge is -2.16. The highest BCUT2D eigenvalue weighted by Crippen LogP contribution is 2.34. The van der Waals surface area contributed by atoms with Crippen LogP contribution in [0.1, 0.15) is 18.9 Å². The van der Waals surface area contributed by atoms with Gasteiger partial charge in [0.25, 0.3) is 0 Å². The second kappa shape index (κ2) is 5.85. The van der Waals surface area contributed by atoms with Crippen LogP contribution >= 0.6 is 11.8 Å². The molecule has 0 bridgehead atoms. The minimum absolute atomic E-state index is 0.187. The molecule has 1 heterocycles. The summed E-state index contributed by atoms with van der Waals surface area (Å²) in [5.74, 6) is -0.187. The number of thioether (sulfide) groups is 1. The second-order valence-electron chi connectivity index (χ2n) is 4.31. The molecule has 1 saturated heterocycles. The maximum Gasteiger partial charge on any atom is 0.123 e. The summed E-state index contributed by atoms with van der Waals surface area (Å²) < 4.78 is 18.7. The van der Waals surface area contributed by atoms with Crippen molar-refractivity contribution in [2.24, 2.45) is 5.73 Å². The largest absolute Gasteiger partial charge is 0.377 e. The number of hydrogen-bond donors (Lipinski definition) is 1. The zero-order chi connectivity index (χ0) is 12.3. The fourth-order valence-corrected chi connectivity index (χ4v) is 3.31. The molecule has 1 aromatic rings. The molecule has 17 heavy (non-hydrogen) atoms. The Morgan fingerprint density at radius 1 is 1.53 bits per heavy atom. The van der Waals surface area contributed by atoms with Crippen LogP contribution in [0.4, 0.5) is 4.39 Å². The van der Waals surface area contributed by atoms with E-state index in [1.165, 1.54) is 6.07 Å². The van der Waals surface area contributed by atoms with Gasteiger partial charge in [0.05, 0.1) is 6.10 Å². The Balaban J connectivity index is 2.13. The lowest BCUT2D eigenvalue weighted by molar-refractivity contribution is 0.127. The van der Waals surface area contributed by atoms with E-state index in [1.54, 1.807) is 17.8 Å². The number of nitrogens with two attached hydrogens (primary N) is 1. The van der Waals surface area contributed by atoms with Crippen LogP contribution in [0.5, 0.6) is 0 Å². The first-order valence-electron chi connectivity index (χ1n) is 5.97. The lowest BCUT2D eigenvalue weighted by Crippen LogP contribution is -2.14.